The molecule has 4 rings (SSSR count). The van der Waals surface area contributed by atoms with E-state index >= 15 is 0 Å². The Labute approximate surface area is 216 Å². The first-order valence-corrected chi connectivity index (χ1v) is 15.1. The number of aryl methyl sites for hydroxylation is 2. The van der Waals surface area contributed by atoms with Crippen LogP contribution in [0.25, 0.3) is 11.1 Å². The minimum atomic E-state index is 0.880. The summed E-state index contributed by atoms with van der Waals surface area (Å²) in [4.78, 5) is 0. The third-order valence-corrected chi connectivity index (χ3v) is 9.08. The van der Waals surface area contributed by atoms with Crippen molar-refractivity contribution >= 4 is 0 Å². The van der Waals surface area contributed by atoms with Crippen molar-refractivity contribution in [2.45, 2.75) is 110 Å². The van der Waals surface area contributed by atoms with Crippen LogP contribution in [-0.2, 0) is 12.8 Å². The first-order chi connectivity index (χ1) is 17.2. The molecule has 1 saturated carbocycles. The molecule has 1 fully saturated rings. The van der Waals surface area contributed by atoms with Gasteiger partial charge in [-0.3, -0.25) is 0 Å². The molecule has 0 aromatic heterocycles. The first kappa shape index (κ1) is 26.2. The molecule has 0 N–H and O–H groups in total. The Balaban J connectivity index is 1.17. The average Bonchev–Trinajstić information content (AvgIpc) is 2.92. The van der Waals surface area contributed by atoms with Gasteiger partial charge in [-0.25, -0.2) is 0 Å². The van der Waals surface area contributed by atoms with E-state index in [1.54, 1.807) is 0 Å². The smallest absolute Gasteiger partial charge is 0.0184 e. The molecule has 0 bridgehead atoms. The second-order valence-electron chi connectivity index (χ2n) is 11.7. The molecule has 2 unspecified atom stereocenters. The molecule has 0 heterocycles. The Hall–Kier alpha value is -1.82. The number of rotatable bonds is 12. The third kappa shape index (κ3) is 8.09. The molecule has 2 aliphatic carbocycles. The lowest BCUT2D eigenvalue weighted by molar-refractivity contribution is 0.205. The minimum absolute atomic E-state index is 0.880. The van der Waals surface area contributed by atoms with Crippen LogP contribution in [0.3, 0.4) is 0 Å². The van der Waals surface area contributed by atoms with Crippen molar-refractivity contribution in [2.24, 2.45) is 23.7 Å². The van der Waals surface area contributed by atoms with Crippen molar-refractivity contribution < 1.29 is 0 Å². The summed E-state index contributed by atoms with van der Waals surface area (Å²) in [6.07, 6.45) is 26.0. The van der Waals surface area contributed by atoms with Crippen LogP contribution in [0.4, 0.5) is 0 Å². The predicted molar refractivity (Wildman–Crippen MR) is 154 cm³/mol. The van der Waals surface area contributed by atoms with Gasteiger partial charge in [-0.15, -0.1) is 0 Å². The quantitative estimate of drug-likeness (QED) is 0.214. The van der Waals surface area contributed by atoms with Crippen LogP contribution >= 0.6 is 0 Å². The number of hydrogen-bond donors (Lipinski definition) is 0. The molecule has 35 heavy (non-hydrogen) atoms. The molecule has 2 atom stereocenters. The summed E-state index contributed by atoms with van der Waals surface area (Å²) >= 11 is 0. The summed E-state index contributed by atoms with van der Waals surface area (Å²) in [7, 11) is 0. The summed E-state index contributed by atoms with van der Waals surface area (Å²) in [5.41, 5.74) is 5.68. The highest BCUT2D eigenvalue weighted by Gasteiger charge is 2.28. The third-order valence-electron chi connectivity index (χ3n) is 9.08. The van der Waals surface area contributed by atoms with Gasteiger partial charge in [-0.05, 0) is 104 Å². The minimum Gasteiger partial charge on any atom is -0.0851 e. The lowest BCUT2D eigenvalue weighted by atomic mass is 9.71. The lowest BCUT2D eigenvalue weighted by Crippen LogP contribution is -2.23. The molecule has 2 aromatic rings. The maximum atomic E-state index is 2.63. The highest BCUT2D eigenvalue weighted by molar-refractivity contribution is 5.64. The fourth-order valence-electron chi connectivity index (χ4n) is 6.57. The van der Waals surface area contributed by atoms with Crippen molar-refractivity contribution in [3.05, 3.63) is 71.8 Å². The molecule has 0 aliphatic heterocycles. The van der Waals surface area contributed by atoms with Crippen LogP contribution in [0.1, 0.15) is 108 Å². The van der Waals surface area contributed by atoms with E-state index in [2.05, 4.69) is 74.5 Å². The van der Waals surface area contributed by atoms with Gasteiger partial charge in [0, 0.05) is 0 Å². The topological polar surface area (TPSA) is 0 Å². The van der Waals surface area contributed by atoms with E-state index in [0.717, 1.165) is 23.7 Å². The van der Waals surface area contributed by atoms with Gasteiger partial charge in [0.15, 0.2) is 0 Å². The maximum absolute atomic E-state index is 2.63. The fraction of sp³-hybridized carbons (Fsp3) is 0.600. The lowest BCUT2D eigenvalue weighted by Gasteiger charge is -2.35. The SMILES string of the molecule is CCCCCC1C=CC(C2CCC(CCc3ccc(-c4ccc(CCCC)cc4)cc3)CC2)CC1. The van der Waals surface area contributed by atoms with E-state index in [-0.39, 0.29) is 0 Å². The van der Waals surface area contributed by atoms with E-state index in [4.69, 9.17) is 0 Å². The molecule has 0 nitrogen and oxygen atoms in total. The predicted octanol–water partition coefficient (Wildman–Crippen LogP) is 10.6. The van der Waals surface area contributed by atoms with Gasteiger partial charge < -0.3 is 0 Å². The largest absolute Gasteiger partial charge is 0.0851 e. The molecule has 0 radical (unpaired) electrons. The van der Waals surface area contributed by atoms with Crippen LogP contribution in [0.2, 0.25) is 0 Å². The molecule has 0 heteroatoms. The Morgan fingerprint density at radius 3 is 1.77 bits per heavy atom. The number of hydrogen-bond acceptors (Lipinski definition) is 0. The van der Waals surface area contributed by atoms with E-state index in [9.17, 15) is 0 Å². The van der Waals surface area contributed by atoms with Gasteiger partial charge in [-0.1, -0.05) is 113 Å². The zero-order valence-corrected chi connectivity index (χ0v) is 22.7. The summed E-state index contributed by atoms with van der Waals surface area (Å²) in [5.74, 6) is 3.67. The first-order valence-electron chi connectivity index (χ1n) is 15.1. The summed E-state index contributed by atoms with van der Waals surface area (Å²) in [6, 6.07) is 18.6. The van der Waals surface area contributed by atoms with Crippen molar-refractivity contribution in [3.63, 3.8) is 0 Å². The zero-order valence-electron chi connectivity index (χ0n) is 22.7. The standard InChI is InChI=1S/C35H50/c1-3-5-7-9-29-14-22-33(23-15-29)35-26-18-31(19-27-35)11-10-30-16-24-34(25-17-30)32-20-12-28(13-21-32)8-6-4-2/h12-14,16-17,20-22,24-25,29,31,33,35H,3-11,15,18-19,23,26-27H2,1-2H3. The van der Waals surface area contributed by atoms with Gasteiger partial charge in [0.05, 0.1) is 0 Å². The van der Waals surface area contributed by atoms with Gasteiger partial charge >= 0.3 is 0 Å². The van der Waals surface area contributed by atoms with Crippen molar-refractivity contribution in [1.82, 2.24) is 0 Å². The Morgan fingerprint density at radius 1 is 0.571 bits per heavy atom. The van der Waals surface area contributed by atoms with Gasteiger partial charge in [0.2, 0.25) is 0 Å². The molecule has 0 amide bonds. The van der Waals surface area contributed by atoms with Crippen molar-refractivity contribution in [1.29, 1.82) is 0 Å². The van der Waals surface area contributed by atoms with E-state index in [0.29, 0.717) is 0 Å². The number of unbranched alkanes of at least 4 members (excludes halogenated alkanes) is 3. The Bertz CT molecular complexity index is 863. The molecule has 2 aromatic carbocycles. The van der Waals surface area contributed by atoms with E-state index in [1.165, 1.54) is 119 Å². The maximum Gasteiger partial charge on any atom is -0.0184 e. The van der Waals surface area contributed by atoms with E-state index < -0.39 is 0 Å². The van der Waals surface area contributed by atoms with Crippen LogP contribution in [0, 0.1) is 23.7 Å². The van der Waals surface area contributed by atoms with Gasteiger partial charge in [0.1, 0.15) is 0 Å². The summed E-state index contributed by atoms with van der Waals surface area (Å²) in [6.45, 7) is 4.58. The second kappa shape index (κ2) is 14.1. The average molecular weight is 471 g/mol. The molecule has 190 valence electrons. The Kier molecular flexibility index (Phi) is 10.5. The van der Waals surface area contributed by atoms with Crippen LogP contribution in [-0.4, -0.2) is 0 Å². The zero-order chi connectivity index (χ0) is 24.3. The van der Waals surface area contributed by atoms with Crippen LogP contribution in [0.15, 0.2) is 60.7 Å². The summed E-state index contributed by atoms with van der Waals surface area (Å²) < 4.78 is 0. The normalized spacial score (nSPS) is 24.5. The molecule has 0 saturated heterocycles. The Morgan fingerprint density at radius 2 is 1.20 bits per heavy atom. The molecule has 2 aliphatic rings. The van der Waals surface area contributed by atoms with Crippen molar-refractivity contribution in [2.75, 3.05) is 0 Å². The highest BCUT2D eigenvalue weighted by atomic mass is 14.3. The molecule has 0 spiro atoms. The van der Waals surface area contributed by atoms with Crippen molar-refractivity contribution in [3.8, 4) is 11.1 Å². The number of allylic oxidation sites excluding steroid dienone is 2. The van der Waals surface area contributed by atoms with E-state index in [1.807, 2.05) is 0 Å². The van der Waals surface area contributed by atoms with Crippen LogP contribution < -0.4 is 0 Å². The van der Waals surface area contributed by atoms with Gasteiger partial charge in [-0.2, -0.15) is 0 Å². The molecular formula is C35H50. The second-order valence-corrected chi connectivity index (χ2v) is 11.7. The number of benzene rings is 2. The monoisotopic (exact) mass is 470 g/mol. The summed E-state index contributed by atoms with van der Waals surface area (Å²) in [5, 5.41) is 0. The van der Waals surface area contributed by atoms with Gasteiger partial charge in [0.25, 0.3) is 0 Å². The molecular weight excluding hydrogens is 420 g/mol. The highest BCUT2D eigenvalue weighted by Crippen LogP contribution is 2.40. The fourth-order valence-corrected chi connectivity index (χ4v) is 6.57. The van der Waals surface area contributed by atoms with Crippen LogP contribution in [0.5, 0.6) is 0 Å².